The number of carbonyl (C=O) groups is 2. The lowest BCUT2D eigenvalue weighted by molar-refractivity contribution is 0.0928. The second kappa shape index (κ2) is 9.14. The number of rotatable bonds is 5. The molecule has 2 aromatic heterocycles. The summed E-state index contributed by atoms with van der Waals surface area (Å²) in [5.41, 5.74) is 3.44. The van der Waals surface area contributed by atoms with Crippen molar-refractivity contribution in [2.75, 3.05) is 17.2 Å². The fourth-order valence-corrected chi connectivity index (χ4v) is 3.51. The number of aromatic nitrogens is 2. The topological polar surface area (TPSA) is 96.0 Å². The highest BCUT2D eigenvalue weighted by atomic mass is 35.5. The predicted octanol–water partition coefficient (Wildman–Crippen LogP) is 3.78. The molecule has 4 rings (SSSR count). The maximum Gasteiger partial charge on any atom is 0.259 e. The third-order valence-electron chi connectivity index (χ3n) is 5.20. The molecule has 1 aromatic carbocycles. The second-order valence-corrected chi connectivity index (χ2v) is 7.89. The van der Waals surface area contributed by atoms with Gasteiger partial charge in [-0.1, -0.05) is 19.9 Å². The van der Waals surface area contributed by atoms with Gasteiger partial charge in [-0.2, -0.15) is 0 Å². The number of pyridine rings is 2. The number of carbonyl (C=O) groups excluding carboxylic acids is 2. The van der Waals surface area contributed by atoms with E-state index in [2.05, 4.69) is 39.8 Å². The number of hydrogen-bond donors (Lipinski definition) is 3. The molecule has 0 unspecified atom stereocenters. The lowest BCUT2D eigenvalue weighted by Crippen LogP contribution is -2.43. The van der Waals surface area contributed by atoms with Crippen LogP contribution in [0.3, 0.4) is 0 Å². The zero-order valence-electron chi connectivity index (χ0n) is 17.3. The maximum absolute atomic E-state index is 12.9. The Kier molecular flexibility index (Phi) is 6.56. The number of halogens is 1. The van der Waals surface area contributed by atoms with Crippen LogP contribution in [-0.4, -0.2) is 28.3 Å². The van der Waals surface area contributed by atoms with Crippen LogP contribution in [0.15, 0.2) is 61.1 Å². The highest BCUT2D eigenvalue weighted by molar-refractivity contribution is 6.08. The SMILES string of the molecule is CC1(C)CNC(=O)c2cc(NC(=O)c3cccnc3NCc3ccncc3)ccc21.Cl. The van der Waals surface area contributed by atoms with E-state index in [1.165, 1.54) is 0 Å². The van der Waals surface area contributed by atoms with Gasteiger partial charge >= 0.3 is 0 Å². The number of fused-ring (bicyclic) bond motifs is 1. The molecular formula is C23H24ClN5O2. The highest BCUT2D eigenvalue weighted by Crippen LogP contribution is 2.31. The van der Waals surface area contributed by atoms with Crippen LogP contribution in [0.4, 0.5) is 11.5 Å². The number of anilines is 2. The summed E-state index contributed by atoms with van der Waals surface area (Å²) in [6, 6.07) is 12.7. The van der Waals surface area contributed by atoms with Crippen LogP contribution in [0.2, 0.25) is 0 Å². The van der Waals surface area contributed by atoms with E-state index in [1.807, 2.05) is 24.3 Å². The standard InChI is InChI=1S/C23H23N5O2.ClH/c1-23(2)14-27-21(29)18-12-16(5-6-19(18)23)28-22(30)17-4-3-9-25-20(17)26-13-15-7-10-24-11-8-15;/h3-12H,13-14H2,1-2H3,(H,25,26)(H,27,29)(H,28,30);1H. The fourth-order valence-electron chi connectivity index (χ4n) is 3.51. The molecule has 0 atom stereocenters. The molecule has 0 spiro atoms. The van der Waals surface area contributed by atoms with Crippen molar-refractivity contribution in [3.05, 3.63) is 83.3 Å². The molecule has 31 heavy (non-hydrogen) atoms. The van der Waals surface area contributed by atoms with E-state index < -0.39 is 0 Å². The molecule has 0 radical (unpaired) electrons. The minimum atomic E-state index is -0.296. The average Bonchev–Trinajstić information content (AvgIpc) is 2.76. The summed E-state index contributed by atoms with van der Waals surface area (Å²) in [5.74, 6) is 0.0703. The van der Waals surface area contributed by atoms with Gasteiger partial charge in [0.2, 0.25) is 0 Å². The molecule has 0 bridgehead atoms. The number of hydrogen-bond acceptors (Lipinski definition) is 5. The number of nitrogens with one attached hydrogen (secondary N) is 3. The van der Waals surface area contributed by atoms with Crippen LogP contribution in [0.1, 0.15) is 45.7 Å². The molecule has 0 saturated carbocycles. The molecule has 160 valence electrons. The largest absolute Gasteiger partial charge is 0.365 e. The van der Waals surface area contributed by atoms with Crippen molar-refractivity contribution in [3.63, 3.8) is 0 Å². The first-order chi connectivity index (χ1) is 14.4. The van der Waals surface area contributed by atoms with E-state index >= 15 is 0 Å². The van der Waals surface area contributed by atoms with E-state index in [1.54, 1.807) is 36.8 Å². The first-order valence-corrected chi connectivity index (χ1v) is 9.76. The number of benzene rings is 1. The van der Waals surface area contributed by atoms with Gasteiger partial charge in [0.15, 0.2) is 0 Å². The van der Waals surface area contributed by atoms with Gasteiger partial charge in [0, 0.05) is 48.3 Å². The van der Waals surface area contributed by atoms with Crippen molar-refractivity contribution in [1.29, 1.82) is 0 Å². The smallest absolute Gasteiger partial charge is 0.259 e. The molecule has 0 saturated heterocycles. The van der Waals surface area contributed by atoms with Gasteiger partial charge in [0.05, 0.1) is 5.56 Å². The Morgan fingerprint density at radius 1 is 1.13 bits per heavy atom. The van der Waals surface area contributed by atoms with E-state index in [-0.39, 0.29) is 29.6 Å². The Hall–Kier alpha value is -3.45. The number of nitrogens with zero attached hydrogens (tertiary/aromatic N) is 2. The minimum absolute atomic E-state index is 0. The predicted molar refractivity (Wildman–Crippen MR) is 123 cm³/mol. The quantitative estimate of drug-likeness (QED) is 0.564. The Bertz CT molecular complexity index is 1100. The molecule has 3 N–H and O–H groups in total. The van der Waals surface area contributed by atoms with E-state index in [0.29, 0.717) is 35.7 Å². The molecule has 3 heterocycles. The zero-order valence-corrected chi connectivity index (χ0v) is 18.1. The van der Waals surface area contributed by atoms with E-state index in [0.717, 1.165) is 11.1 Å². The van der Waals surface area contributed by atoms with Gasteiger partial charge in [-0.05, 0) is 47.5 Å². The zero-order chi connectivity index (χ0) is 21.1. The Morgan fingerprint density at radius 3 is 2.68 bits per heavy atom. The van der Waals surface area contributed by atoms with E-state index in [4.69, 9.17) is 0 Å². The third kappa shape index (κ3) is 4.83. The molecule has 0 fully saturated rings. The van der Waals surface area contributed by atoms with Gasteiger partial charge < -0.3 is 16.0 Å². The lowest BCUT2D eigenvalue weighted by atomic mass is 9.79. The van der Waals surface area contributed by atoms with Crippen LogP contribution in [0.25, 0.3) is 0 Å². The van der Waals surface area contributed by atoms with Gasteiger partial charge in [0.1, 0.15) is 5.82 Å². The summed E-state index contributed by atoms with van der Waals surface area (Å²) in [4.78, 5) is 33.5. The summed E-state index contributed by atoms with van der Waals surface area (Å²) in [5, 5.41) is 8.99. The van der Waals surface area contributed by atoms with Crippen LogP contribution < -0.4 is 16.0 Å². The van der Waals surface area contributed by atoms with Crippen molar-refractivity contribution < 1.29 is 9.59 Å². The number of amides is 2. The molecule has 0 aliphatic carbocycles. The average molecular weight is 438 g/mol. The summed E-state index contributed by atoms with van der Waals surface area (Å²) in [7, 11) is 0. The van der Waals surface area contributed by atoms with Crippen molar-refractivity contribution in [2.24, 2.45) is 0 Å². The van der Waals surface area contributed by atoms with Gasteiger partial charge in [-0.25, -0.2) is 4.98 Å². The monoisotopic (exact) mass is 437 g/mol. The molecule has 7 nitrogen and oxygen atoms in total. The summed E-state index contributed by atoms with van der Waals surface area (Å²) in [6.45, 7) is 5.28. The highest BCUT2D eigenvalue weighted by Gasteiger charge is 2.31. The Morgan fingerprint density at radius 2 is 1.90 bits per heavy atom. The minimum Gasteiger partial charge on any atom is -0.365 e. The second-order valence-electron chi connectivity index (χ2n) is 7.89. The summed E-state index contributed by atoms with van der Waals surface area (Å²) < 4.78 is 0. The first kappa shape index (κ1) is 22.2. The van der Waals surface area contributed by atoms with Crippen molar-refractivity contribution >= 4 is 35.7 Å². The molecular weight excluding hydrogens is 414 g/mol. The van der Waals surface area contributed by atoms with Crippen LogP contribution in [0.5, 0.6) is 0 Å². The first-order valence-electron chi connectivity index (χ1n) is 9.76. The molecule has 1 aliphatic rings. The van der Waals surface area contributed by atoms with Crippen LogP contribution in [-0.2, 0) is 12.0 Å². The Labute approximate surface area is 187 Å². The normalized spacial score (nSPS) is 13.9. The van der Waals surface area contributed by atoms with Crippen molar-refractivity contribution in [2.45, 2.75) is 25.8 Å². The van der Waals surface area contributed by atoms with Crippen LogP contribution in [0, 0.1) is 0 Å². The lowest BCUT2D eigenvalue weighted by Gasteiger charge is -2.32. The third-order valence-corrected chi connectivity index (χ3v) is 5.20. The molecule has 1 aliphatic heterocycles. The van der Waals surface area contributed by atoms with Gasteiger partial charge in [-0.3, -0.25) is 14.6 Å². The van der Waals surface area contributed by atoms with Crippen molar-refractivity contribution in [3.8, 4) is 0 Å². The van der Waals surface area contributed by atoms with Crippen LogP contribution >= 0.6 is 12.4 Å². The fraction of sp³-hybridized carbons (Fsp3) is 0.217. The summed E-state index contributed by atoms with van der Waals surface area (Å²) in [6.07, 6.45) is 5.07. The maximum atomic E-state index is 12.9. The summed E-state index contributed by atoms with van der Waals surface area (Å²) >= 11 is 0. The Balaban J connectivity index is 0.00000272. The van der Waals surface area contributed by atoms with E-state index in [9.17, 15) is 9.59 Å². The van der Waals surface area contributed by atoms with Gasteiger partial charge in [0.25, 0.3) is 11.8 Å². The molecule has 3 aromatic rings. The van der Waals surface area contributed by atoms with Gasteiger partial charge in [-0.15, -0.1) is 12.4 Å². The van der Waals surface area contributed by atoms with Crippen molar-refractivity contribution in [1.82, 2.24) is 15.3 Å². The molecule has 8 heteroatoms. The molecule has 2 amide bonds.